The highest BCUT2D eigenvalue weighted by Gasteiger charge is 2.57. The van der Waals surface area contributed by atoms with Crippen molar-refractivity contribution in [1.82, 2.24) is 9.91 Å². The number of hydrazone groups is 1. The molecule has 0 atom stereocenters. The second-order valence-corrected chi connectivity index (χ2v) is 10.4. The van der Waals surface area contributed by atoms with Gasteiger partial charge in [0.25, 0.3) is 0 Å². The van der Waals surface area contributed by atoms with E-state index < -0.39 is 10.8 Å². The quantitative estimate of drug-likeness (QED) is 0.306. The van der Waals surface area contributed by atoms with E-state index in [2.05, 4.69) is 5.10 Å². The Morgan fingerprint density at radius 2 is 1.87 bits per heavy atom. The third kappa shape index (κ3) is 4.79. The van der Waals surface area contributed by atoms with Gasteiger partial charge in [0, 0.05) is 43.7 Å². The molecule has 1 saturated heterocycles. The van der Waals surface area contributed by atoms with Crippen LogP contribution in [0.15, 0.2) is 17.2 Å². The van der Waals surface area contributed by atoms with Crippen molar-refractivity contribution >= 4 is 45.9 Å². The fourth-order valence-electron chi connectivity index (χ4n) is 4.44. The van der Waals surface area contributed by atoms with E-state index in [1.807, 2.05) is 20.8 Å². The summed E-state index contributed by atoms with van der Waals surface area (Å²) in [5, 5.41) is 5.04. The number of carbonyl (C=O) groups is 2. The number of hydrogen-bond donors (Lipinski definition) is 0. The van der Waals surface area contributed by atoms with E-state index in [0.717, 1.165) is 12.8 Å². The number of hydrogen-bond acceptors (Lipinski definition) is 5. The van der Waals surface area contributed by atoms with Gasteiger partial charge in [-0.1, -0.05) is 22.9 Å². The van der Waals surface area contributed by atoms with Crippen LogP contribution in [0, 0.1) is 11.3 Å². The third-order valence-corrected chi connectivity index (χ3v) is 6.30. The van der Waals surface area contributed by atoms with Crippen LogP contribution >= 0.6 is 11.6 Å². The molecule has 1 aromatic carbocycles. The topological polar surface area (TPSA) is 62.2 Å². The number of likely N-dealkylation sites (tertiary alicyclic amines) is 1. The molecule has 0 bridgehead atoms. The predicted molar refractivity (Wildman–Crippen MR) is 124 cm³/mol. The lowest BCUT2D eigenvalue weighted by Gasteiger charge is -2.62. The van der Waals surface area contributed by atoms with E-state index in [9.17, 15) is 9.59 Å². The van der Waals surface area contributed by atoms with Crippen molar-refractivity contribution in [2.45, 2.75) is 44.4 Å². The zero-order valence-corrected chi connectivity index (χ0v) is 19.6. The van der Waals surface area contributed by atoms with Crippen molar-refractivity contribution in [2.75, 3.05) is 27.2 Å². The highest BCUT2D eigenvalue weighted by atomic mass is 35.5. The maximum Gasteiger partial charge on any atom is 0.410 e. The van der Waals surface area contributed by atoms with E-state index in [1.54, 1.807) is 42.4 Å². The molecule has 31 heavy (non-hydrogen) atoms. The molecular formula is C22H28B2ClN3O3. The Morgan fingerprint density at radius 1 is 1.26 bits per heavy atom. The number of ether oxygens (including phenoxy) is 1. The van der Waals surface area contributed by atoms with Gasteiger partial charge in [0.05, 0.1) is 26.9 Å². The Kier molecular flexibility index (Phi) is 6.27. The summed E-state index contributed by atoms with van der Waals surface area (Å²) in [5.74, 6) is 0.000435. The van der Waals surface area contributed by atoms with Crippen LogP contribution in [0.5, 0.6) is 0 Å². The molecule has 3 rings (SSSR count). The number of carbonyl (C=O) groups excluding carboxylic acids is 2. The second-order valence-electron chi connectivity index (χ2n) is 10.0. The number of halogens is 1. The lowest BCUT2D eigenvalue weighted by atomic mass is 9.37. The fourth-order valence-corrected chi connectivity index (χ4v) is 4.65. The standard InChI is InChI=1S/C22H28B2ClN3O3/c1-20(2,3)31-19(30)28-12-21(13-28)8-14(9-21)22(23,24)17-6-7-18(25)16(11-29)15(17)10-26-27(4)5/h6-7,10-11,14H,8-9,12-13H2,1-5H3/b26-10-. The first-order valence-electron chi connectivity index (χ1n) is 10.3. The molecule has 0 N–H and O–H groups in total. The highest BCUT2D eigenvalue weighted by molar-refractivity contribution is 6.41. The van der Waals surface area contributed by atoms with Gasteiger partial charge in [0.15, 0.2) is 6.29 Å². The lowest BCUT2D eigenvalue weighted by Crippen LogP contribution is -2.66. The van der Waals surface area contributed by atoms with Gasteiger partial charge in [-0.05, 0) is 51.2 Å². The summed E-state index contributed by atoms with van der Waals surface area (Å²) in [6, 6.07) is 3.41. The Labute approximate surface area is 192 Å². The molecular weight excluding hydrogens is 411 g/mol. The van der Waals surface area contributed by atoms with Crippen LogP contribution in [0.1, 0.15) is 55.1 Å². The van der Waals surface area contributed by atoms with E-state index in [0.29, 0.717) is 41.1 Å². The van der Waals surface area contributed by atoms with Crippen molar-refractivity contribution < 1.29 is 14.3 Å². The molecule has 1 heterocycles. The molecule has 0 unspecified atom stereocenters. The van der Waals surface area contributed by atoms with Gasteiger partial charge >= 0.3 is 6.09 Å². The maximum absolute atomic E-state index is 12.2. The van der Waals surface area contributed by atoms with E-state index >= 15 is 0 Å². The molecule has 1 aliphatic carbocycles. The smallest absolute Gasteiger partial charge is 0.410 e. The van der Waals surface area contributed by atoms with Crippen molar-refractivity contribution in [3.05, 3.63) is 33.8 Å². The van der Waals surface area contributed by atoms with Gasteiger partial charge in [-0.2, -0.15) is 5.10 Å². The number of benzene rings is 1. The van der Waals surface area contributed by atoms with Crippen LogP contribution in [0.2, 0.25) is 5.02 Å². The first-order chi connectivity index (χ1) is 14.3. The minimum atomic E-state index is -1.16. The average molecular weight is 440 g/mol. The van der Waals surface area contributed by atoms with Gasteiger partial charge in [-0.15, -0.1) is 0 Å². The summed E-state index contributed by atoms with van der Waals surface area (Å²) in [6.45, 7) is 6.85. The van der Waals surface area contributed by atoms with Crippen molar-refractivity contribution in [2.24, 2.45) is 16.4 Å². The van der Waals surface area contributed by atoms with Gasteiger partial charge in [-0.3, -0.25) is 4.79 Å². The summed E-state index contributed by atoms with van der Waals surface area (Å²) >= 11 is 6.23. The van der Waals surface area contributed by atoms with Crippen LogP contribution in [-0.4, -0.2) is 77.0 Å². The normalized spacial score (nSPS) is 18.6. The summed E-state index contributed by atoms with van der Waals surface area (Å²) in [7, 11) is 16.8. The maximum atomic E-state index is 12.2. The molecule has 1 saturated carbocycles. The molecule has 162 valence electrons. The Bertz CT molecular complexity index is 898. The van der Waals surface area contributed by atoms with Crippen LogP contribution in [0.3, 0.4) is 0 Å². The number of nitrogens with zero attached hydrogens (tertiary/aromatic N) is 3. The number of rotatable bonds is 5. The molecule has 6 nitrogen and oxygen atoms in total. The monoisotopic (exact) mass is 439 g/mol. The second kappa shape index (κ2) is 8.19. The zero-order chi connectivity index (χ0) is 23.2. The molecule has 0 aromatic heterocycles. The van der Waals surface area contributed by atoms with Gasteiger partial charge in [0.1, 0.15) is 5.60 Å². The van der Waals surface area contributed by atoms with Crippen LogP contribution in [0.4, 0.5) is 4.79 Å². The molecule has 4 radical (unpaired) electrons. The van der Waals surface area contributed by atoms with Gasteiger partial charge in [0.2, 0.25) is 0 Å². The minimum absolute atomic E-state index is 0.000435. The van der Waals surface area contributed by atoms with Gasteiger partial charge < -0.3 is 14.6 Å². The molecule has 2 fully saturated rings. The summed E-state index contributed by atoms with van der Waals surface area (Å²) in [6.07, 6.45) is 3.57. The molecule has 1 aromatic rings. The highest BCUT2D eigenvalue weighted by Crippen LogP contribution is 2.57. The van der Waals surface area contributed by atoms with E-state index in [4.69, 9.17) is 32.0 Å². The predicted octanol–water partition coefficient (Wildman–Crippen LogP) is 3.18. The minimum Gasteiger partial charge on any atom is -0.444 e. The van der Waals surface area contributed by atoms with Crippen LogP contribution < -0.4 is 0 Å². The Morgan fingerprint density at radius 3 is 2.39 bits per heavy atom. The summed E-state index contributed by atoms with van der Waals surface area (Å²) in [5.41, 5.74) is 1.00. The lowest BCUT2D eigenvalue weighted by molar-refractivity contribution is -0.0988. The van der Waals surface area contributed by atoms with E-state index in [1.165, 1.54) is 0 Å². The van der Waals surface area contributed by atoms with Crippen molar-refractivity contribution in [1.29, 1.82) is 0 Å². The first-order valence-corrected chi connectivity index (χ1v) is 10.7. The molecule has 1 amide bonds. The summed E-state index contributed by atoms with van der Waals surface area (Å²) in [4.78, 5) is 25.6. The molecule has 1 spiro atoms. The third-order valence-electron chi connectivity index (χ3n) is 5.97. The SMILES string of the molecule is [B]C([B])(c1ccc(Cl)c(C=O)c1/C=N\N(C)C)C1CC2(C1)CN(C(=O)OC(C)(C)C)C2. The van der Waals surface area contributed by atoms with Crippen molar-refractivity contribution in [3.8, 4) is 0 Å². The number of aldehydes is 1. The number of amides is 1. The molecule has 1 aliphatic heterocycles. The first kappa shape index (κ1) is 23.7. The van der Waals surface area contributed by atoms with Crippen molar-refractivity contribution in [3.63, 3.8) is 0 Å². The average Bonchev–Trinajstić information content (AvgIpc) is 2.55. The van der Waals surface area contributed by atoms with Crippen LogP contribution in [0.25, 0.3) is 0 Å². The Balaban J connectivity index is 1.75. The Hall–Kier alpha value is -1.95. The summed E-state index contributed by atoms with van der Waals surface area (Å²) < 4.78 is 5.44. The largest absolute Gasteiger partial charge is 0.444 e. The van der Waals surface area contributed by atoms with Gasteiger partial charge in [-0.25, -0.2) is 4.79 Å². The fraction of sp³-hybridized carbons (Fsp3) is 0.591. The molecule has 2 aliphatic rings. The zero-order valence-electron chi connectivity index (χ0n) is 18.8. The molecule has 9 heteroatoms. The van der Waals surface area contributed by atoms with E-state index in [-0.39, 0.29) is 17.4 Å². The van der Waals surface area contributed by atoms with Crippen LogP contribution in [-0.2, 0) is 9.95 Å².